The number of benzene rings is 3. The molecule has 4 rings (SSSR count). The minimum atomic E-state index is -0.695. The van der Waals surface area contributed by atoms with Crippen LogP contribution in [0.2, 0.25) is 0 Å². The summed E-state index contributed by atoms with van der Waals surface area (Å²) in [4.78, 5) is 38.1. The van der Waals surface area contributed by atoms with Crippen molar-refractivity contribution in [1.29, 1.82) is 0 Å². The normalized spacial score (nSPS) is 12.2. The zero-order valence-corrected chi connectivity index (χ0v) is 16.7. The lowest BCUT2D eigenvalue weighted by Gasteiger charge is -2.24. The van der Waals surface area contributed by atoms with Gasteiger partial charge in [-0.15, -0.1) is 0 Å². The van der Waals surface area contributed by atoms with E-state index < -0.39 is 18.6 Å². The SMILES string of the molecule is NC(=O)Nc1ccc(C(=O)OCC(=O)N2c3ccccc3CCc3ccccc32)cc1. The highest BCUT2D eigenvalue weighted by atomic mass is 16.5. The number of fused-ring (bicyclic) bond motifs is 2. The van der Waals surface area contributed by atoms with Gasteiger partial charge < -0.3 is 15.8 Å². The van der Waals surface area contributed by atoms with Crippen LogP contribution in [-0.4, -0.2) is 24.5 Å². The first-order valence-corrected chi connectivity index (χ1v) is 9.85. The molecule has 3 aromatic carbocycles. The van der Waals surface area contributed by atoms with Gasteiger partial charge in [-0.05, 0) is 60.4 Å². The van der Waals surface area contributed by atoms with Crippen molar-refractivity contribution in [1.82, 2.24) is 0 Å². The molecule has 0 fully saturated rings. The molecule has 3 amide bonds. The number of esters is 1. The molecule has 0 saturated heterocycles. The first kappa shape index (κ1) is 20.2. The summed E-state index contributed by atoms with van der Waals surface area (Å²) in [6, 6.07) is 20.9. The Kier molecular flexibility index (Phi) is 5.66. The molecule has 0 radical (unpaired) electrons. The van der Waals surface area contributed by atoms with Crippen molar-refractivity contribution in [2.75, 3.05) is 16.8 Å². The van der Waals surface area contributed by atoms with Gasteiger partial charge in [0.25, 0.3) is 5.91 Å². The number of primary amides is 1. The number of anilines is 3. The number of aryl methyl sites for hydroxylation is 2. The van der Waals surface area contributed by atoms with E-state index in [0.717, 1.165) is 35.3 Å². The van der Waals surface area contributed by atoms with Crippen LogP contribution < -0.4 is 16.0 Å². The molecule has 0 aromatic heterocycles. The standard InChI is InChI=1S/C24H21N3O4/c25-24(30)26-19-13-11-18(12-14-19)23(29)31-15-22(28)27-20-7-3-1-5-16(20)9-10-17-6-2-4-8-21(17)27/h1-8,11-14H,9-10,15H2,(H3,25,26,30). The van der Waals surface area contributed by atoms with Crippen molar-refractivity contribution >= 4 is 35.0 Å². The van der Waals surface area contributed by atoms with Crippen molar-refractivity contribution < 1.29 is 19.1 Å². The molecule has 0 bridgehead atoms. The van der Waals surface area contributed by atoms with Crippen LogP contribution in [0.15, 0.2) is 72.8 Å². The number of carbonyl (C=O) groups is 3. The van der Waals surface area contributed by atoms with E-state index in [1.54, 1.807) is 4.90 Å². The molecule has 0 saturated carbocycles. The molecule has 1 aliphatic rings. The molecule has 0 unspecified atom stereocenters. The number of rotatable bonds is 4. The van der Waals surface area contributed by atoms with Crippen molar-refractivity contribution in [3.05, 3.63) is 89.5 Å². The van der Waals surface area contributed by atoms with E-state index in [1.807, 2.05) is 48.5 Å². The fourth-order valence-electron chi connectivity index (χ4n) is 3.66. The first-order valence-electron chi connectivity index (χ1n) is 9.85. The maximum atomic E-state index is 13.2. The third-order valence-electron chi connectivity index (χ3n) is 5.09. The number of hydrogen-bond acceptors (Lipinski definition) is 4. The van der Waals surface area contributed by atoms with Crippen molar-refractivity contribution in [3.63, 3.8) is 0 Å². The summed E-state index contributed by atoms with van der Waals surface area (Å²) in [5, 5.41) is 2.41. The molecule has 31 heavy (non-hydrogen) atoms. The minimum absolute atomic E-state index is 0.263. The molecule has 0 atom stereocenters. The van der Waals surface area contributed by atoms with Crippen LogP contribution in [0.4, 0.5) is 21.9 Å². The Balaban J connectivity index is 1.52. The summed E-state index contributed by atoms with van der Waals surface area (Å²) in [5.74, 6) is -0.961. The zero-order chi connectivity index (χ0) is 21.8. The van der Waals surface area contributed by atoms with Gasteiger partial charge in [0.05, 0.1) is 16.9 Å². The lowest BCUT2D eigenvalue weighted by atomic mass is 10.0. The van der Waals surface area contributed by atoms with E-state index in [9.17, 15) is 14.4 Å². The smallest absolute Gasteiger partial charge is 0.338 e. The van der Waals surface area contributed by atoms with E-state index in [2.05, 4.69) is 5.32 Å². The Morgan fingerprint density at radius 2 is 1.39 bits per heavy atom. The van der Waals surface area contributed by atoms with Gasteiger partial charge in [-0.25, -0.2) is 9.59 Å². The second-order valence-electron chi connectivity index (χ2n) is 7.13. The number of hydrogen-bond donors (Lipinski definition) is 2. The number of nitrogens with one attached hydrogen (secondary N) is 1. The van der Waals surface area contributed by atoms with Gasteiger partial charge in [0, 0.05) is 5.69 Å². The van der Waals surface area contributed by atoms with Crippen LogP contribution in [0.1, 0.15) is 21.5 Å². The van der Waals surface area contributed by atoms with Crippen LogP contribution in [-0.2, 0) is 22.4 Å². The van der Waals surface area contributed by atoms with Gasteiger partial charge in [-0.2, -0.15) is 0 Å². The third kappa shape index (κ3) is 4.40. The molecule has 156 valence electrons. The number of nitrogens with two attached hydrogens (primary N) is 1. The highest BCUT2D eigenvalue weighted by Crippen LogP contribution is 2.36. The average Bonchev–Trinajstić information content (AvgIpc) is 2.94. The molecule has 0 spiro atoms. The second kappa shape index (κ2) is 8.71. The molecule has 7 nitrogen and oxygen atoms in total. The van der Waals surface area contributed by atoms with Gasteiger partial charge in [0.1, 0.15) is 0 Å². The summed E-state index contributed by atoms with van der Waals surface area (Å²) >= 11 is 0. The number of urea groups is 1. The van der Waals surface area contributed by atoms with Crippen molar-refractivity contribution in [2.45, 2.75) is 12.8 Å². The predicted octanol–water partition coefficient (Wildman–Crippen LogP) is 3.80. The maximum Gasteiger partial charge on any atom is 0.338 e. The molecular weight excluding hydrogens is 394 g/mol. The Bertz CT molecular complexity index is 1090. The fourth-order valence-corrected chi connectivity index (χ4v) is 3.66. The van der Waals surface area contributed by atoms with Crippen molar-refractivity contribution in [2.24, 2.45) is 5.73 Å². The molecule has 3 aromatic rings. The van der Waals surface area contributed by atoms with E-state index in [1.165, 1.54) is 24.3 Å². The maximum absolute atomic E-state index is 13.2. The van der Waals surface area contributed by atoms with Crippen LogP contribution in [0, 0.1) is 0 Å². The van der Waals surface area contributed by atoms with Gasteiger partial charge in [-0.3, -0.25) is 9.69 Å². The van der Waals surface area contributed by atoms with E-state index >= 15 is 0 Å². The monoisotopic (exact) mass is 415 g/mol. The second-order valence-corrected chi connectivity index (χ2v) is 7.13. The van der Waals surface area contributed by atoms with Gasteiger partial charge in [-0.1, -0.05) is 36.4 Å². The summed E-state index contributed by atoms with van der Waals surface area (Å²) in [7, 11) is 0. The van der Waals surface area contributed by atoms with Crippen LogP contribution in [0.5, 0.6) is 0 Å². The summed E-state index contributed by atoms with van der Waals surface area (Å²) in [6.45, 7) is -0.400. The molecule has 7 heteroatoms. The molecule has 1 heterocycles. The Morgan fingerprint density at radius 3 is 1.94 bits per heavy atom. The summed E-state index contributed by atoms with van der Waals surface area (Å²) in [6.07, 6.45) is 1.64. The molecule has 1 aliphatic heterocycles. The zero-order valence-electron chi connectivity index (χ0n) is 16.7. The average molecular weight is 415 g/mol. The Morgan fingerprint density at radius 1 is 0.839 bits per heavy atom. The highest BCUT2D eigenvalue weighted by molar-refractivity contribution is 6.04. The highest BCUT2D eigenvalue weighted by Gasteiger charge is 2.26. The van der Waals surface area contributed by atoms with Crippen LogP contribution in [0.3, 0.4) is 0 Å². The quantitative estimate of drug-likeness (QED) is 0.633. The Hall–Kier alpha value is -4.13. The van der Waals surface area contributed by atoms with E-state index in [4.69, 9.17) is 10.5 Å². The van der Waals surface area contributed by atoms with Gasteiger partial charge >= 0.3 is 12.0 Å². The van der Waals surface area contributed by atoms with E-state index in [-0.39, 0.29) is 11.5 Å². The molecule has 3 N–H and O–H groups in total. The number of ether oxygens (including phenoxy) is 1. The summed E-state index contributed by atoms with van der Waals surface area (Å²) < 4.78 is 5.29. The van der Waals surface area contributed by atoms with Gasteiger partial charge in [0.2, 0.25) is 0 Å². The van der Waals surface area contributed by atoms with Crippen LogP contribution >= 0.6 is 0 Å². The minimum Gasteiger partial charge on any atom is -0.452 e. The Labute approximate surface area is 179 Å². The topological polar surface area (TPSA) is 102 Å². The van der Waals surface area contributed by atoms with Crippen molar-refractivity contribution in [3.8, 4) is 0 Å². The number of carbonyl (C=O) groups excluding carboxylic acids is 3. The van der Waals surface area contributed by atoms with E-state index in [0.29, 0.717) is 5.69 Å². The number of para-hydroxylation sites is 2. The fraction of sp³-hybridized carbons (Fsp3) is 0.125. The van der Waals surface area contributed by atoms with Crippen LogP contribution in [0.25, 0.3) is 0 Å². The largest absolute Gasteiger partial charge is 0.452 e. The predicted molar refractivity (Wildman–Crippen MR) is 117 cm³/mol. The lowest BCUT2D eigenvalue weighted by Crippen LogP contribution is -2.31. The summed E-state index contributed by atoms with van der Waals surface area (Å²) in [5.41, 5.74) is 9.52. The number of amides is 3. The molecular formula is C24H21N3O4. The number of nitrogens with zero attached hydrogens (tertiary/aromatic N) is 1. The van der Waals surface area contributed by atoms with Gasteiger partial charge in [0.15, 0.2) is 6.61 Å². The first-order chi connectivity index (χ1) is 15.0. The lowest BCUT2D eigenvalue weighted by molar-refractivity contribution is -0.120. The molecule has 0 aliphatic carbocycles. The third-order valence-corrected chi connectivity index (χ3v) is 5.09.